The van der Waals surface area contributed by atoms with E-state index in [1.807, 2.05) is 19.2 Å². The summed E-state index contributed by atoms with van der Waals surface area (Å²) >= 11 is 0. The molecule has 0 radical (unpaired) electrons. The van der Waals surface area contributed by atoms with Gasteiger partial charge in [0.2, 0.25) is 12.7 Å². The molecule has 0 bridgehead atoms. The molecule has 1 aliphatic heterocycles. The van der Waals surface area contributed by atoms with Crippen molar-refractivity contribution in [2.45, 2.75) is 20.0 Å². The van der Waals surface area contributed by atoms with E-state index < -0.39 is 0 Å². The molecule has 0 fully saturated rings. The second-order valence-electron chi connectivity index (χ2n) is 7.31. The Bertz CT molecular complexity index is 1220. The fourth-order valence-electron chi connectivity index (χ4n) is 3.57. The lowest BCUT2D eigenvalue weighted by atomic mass is 10.0. The van der Waals surface area contributed by atoms with Crippen LogP contribution in [-0.4, -0.2) is 33.9 Å². The molecule has 0 saturated heterocycles. The van der Waals surface area contributed by atoms with Crippen molar-refractivity contribution >= 4 is 10.9 Å². The third-order valence-electron chi connectivity index (χ3n) is 4.92. The quantitative estimate of drug-likeness (QED) is 0.494. The van der Waals surface area contributed by atoms with Crippen molar-refractivity contribution in [1.82, 2.24) is 20.0 Å². The molecule has 7 nitrogen and oxygen atoms in total. The molecule has 0 unspecified atom stereocenters. The lowest BCUT2D eigenvalue weighted by molar-refractivity contribution is 0.174. The summed E-state index contributed by atoms with van der Waals surface area (Å²) < 4.78 is 29.7. The molecule has 2 aromatic carbocycles. The zero-order valence-corrected chi connectivity index (χ0v) is 16.6. The van der Waals surface area contributed by atoms with Gasteiger partial charge in [-0.15, -0.1) is 0 Å². The second kappa shape index (κ2) is 7.38. The summed E-state index contributed by atoms with van der Waals surface area (Å²) in [6.45, 7) is 3.08. The molecule has 30 heavy (non-hydrogen) atoms. The molecule has 0 spiro atoms. The average Bonchev–Trinajstić information content (AvgIpc) is 3.34. The van der Waals surface area contributed by atoms with E-state index in [4.69, 9.17) is 19.0 Å². The van der Waals surface area contributed by atoms with Crippen LogP contribution in [0, 0.1) is 12.7 Å². The molecular formula is C22H19FN4O3. The fraction of sp³-hybridized carbons (Fsp3) is 0.227. The van der Waals surface area contributed by atoms with Crippen LogP contribution in [0.25, 0.3) is 22.2 Å². The van der Waals surface area contributed by atoms with Crippen molar-refractivity contribution < 1.29 is 18.4 Å². The van der Waals surface area contributed by atoms with Gasteiger partial charge < -0.3 is 14.0 Å². The topological polar surface area (TPSA) is 73.5 Å². The van der Waals surface area contributed by atoms with Crippen LogP contribution in [0.15, 0.2) is 47.0 Å². The number of hydrogen-bond acceptors (Lipinski definition) is 7. The molecular weight excluding hydrogens is 387 g/mol. The number of fused-ring (bicyclic) bond motifs is 2. The van der Waals surface area contributed by atoms with E-state index in [-0.39, 0.29) is 12.6 Å². The lowest BCUT2D eigenvalue weighted by Crippen LogP contribution is -2.18. The van der Waals surface area contributed by atoms with Crippen LogP contribution in [0.1, 0.15) is 17.3 Å². The Kier molecular flexibility index (Phi) is 4.55. The molecule has 0 atom stereocenters. The van der Waals surface area contributed by atoms with Gasteiger partial charge in [-0.1, -0.05) is 5.16 Å². The molecule has 1 aliphatic rings. The molecule has 4 aromatic rings. The monoisotopic (exact) mass is 406 g/mol. The number of halogens is 1. The number of nitrogens with zero attached hydrogens (tertiary/aromatic N) is 4. The summed E-state index contributed by atoms with van der Waals surface area (Å²) in [6, 6.07) is 12.2. The summed E-state index contributed by atoms with van der Waals surface area (Å²) in [5, 5.41) is 4.78. The van der Waals surface area contributed by atoms with Crippen molar-refractivity contribution in [2.24, 2.45) is 0 Å². The van der Waals surface area contributed by atoms with Crippen LogP contribution < -0.4 is 9.47 Å². The first-order valence-electron chi connectivity index (χ1n) is 9.52. The van der Waals surface area contributed by atoms with E-state index in [1.165, 1.54) is 12.1 Å². The van der Waals surface area contributed by atoms with E-state index in [1.54, 1.807) is 19.1 Å². The van der Waals surface area contributed by atoms with Crippen LogP contribution in [0.5, 0.6) is 11.5 Å². The lowest BCUT2D eigenvalue weighted by Gasteiger charge is -2.18. The van der Waals surface area contributed by atoms with E-state index >= 15 is 0 Å². The molecule has 152 valence electrons. The van der Waals surface area contributed by atoms with Crippen molar-refractivity contribution in [1.29, 1.82) is 0 Å². The highest BCUT2D eigenvalue weighted by atomic mass is 19.1. The Morgan fingerprint density at radius 3 is 2.50 bits per heavy atom. The van der Waals surface area contributed by atoms with Crippen molar-refractivity contribution in [3.8, 4) is 22.8 Å². The van der Waals surface area contributed by atoms with Gasteiger partial charge in [0, 0.05) is 23.6 Å². The van der Waals surface area contributed by atoms with Gasteiger partial charge >= 0.3 is 0 Å². The van der Waals surface area contributed by atoms with Gasteiger partial charge in [0.05, 0.1) is 17.8 Å². The maximum absolute atomic E-state index is 13.5. The average molecular weight is 406 g/mol. The van der Waals surface area contributed by atoms with Gasteiger partial charge in [0.15, 0.2) is 17.3 Å². The SMILES string of the molecule is Cc1noc(CN(C)Cc2cc3cc4c(cc3nc2-c2ccc(F)cc2)OCO4)n1. The molecule has 0 N–H and O–H groups in total. The third kappa shape index (κ3) is 3.57. The Hall–Kier alpha value is -3.52. The predicted molar refractivity (Wildman–Crippen MR) is 107 cm³/mol. The smallest absolute Gasteiger partial charge is 0.240 e. The summed E-state index contributed by atoms with van der Waals surface area (Å²) in [5.74, 6) is 2.26. The summed E-state index contributed by atoms with van der Waals surface area (Å²) in [7, 11) is 1.97. The van der Waals surface area contributed by atoms with Crippen LogP contribution >= 0.6 is 0 Å². The van der Waals surface area contributed by atoms with Crippen LogP contribution in [-0.2, 0) is 13.1 Å². The number of pyridine rings is 1. The van der Waals surface area contributed by atoms with Gasteiger partial charge in [-0.25, -0.2) is 9.37 Å². The zero-order chi connectivity index (χ0) is 20.7. The molecule has 0 amide bonds. The van der Waals surface area contributed by atoms with Gasteiger partial charge in [0.1, 0.15) is 5.82 Å². The highest BCUT2D eigenvalue weighted by Gasteiger charge is 2.18. The Balaban J connectivity index is 1.55. The van der Waals surface area contributed by atoms with Gasteiger partial charge in [-0.05, 0) is 55.9 Å². The minimum absolute atomic E-state index is 0.204. The predicted octanol–water partition coefficient (Wildman–Crippen LogP) is 4.09. The zero-order valence-electron chi connectivity index (χ0n) is 16.6. The maximum atomic E-state index is 13.5. The Labute approximate surface area is 172 Å². The van der Waals surface area contributed by atoms with Crippen LogP contribution in [0.3, 0.4) is 0 Å². The first-order chi connectivity index (χ1) is 14.5. The minimum Gasteiger partial charge on any atom is -0.454 e. The van der Waals surface area contributed by atoms with Gasteiger partial charge in [0.25, 0.3) is 0 Å². The summed E-state index contributed by atoms with van der Waals surface area (Å²) in [6.07, 6.45) is 0. The van der Waals surface area contributed by atoms with E-state index in [0.29, 0.717) is 36.3 Å². The number of aromatic nitrogens is 3. The third-order valence-corrected chi connectivity index (χ3v) is 4.92. The van der Waals surface area contributed by atoms with Gasteiger partial charge in [-0.2, -0.15) is 4.98 Å². The number of benzene rings is 2. The van der Waals surface area contributed by atoms with Crippen LogP contribution in [0.2, 0.25) is 0 Å². The van der Waals surface area contributed by atoms with Crippen molar-refractivity contribution in [2.75, 3.05) is 13.8 Å². The van der Waals surface area contributed by atoms with E-state index in [9.17, 15) is 4.39 Å². The number of hydrogen-bond donors (Lipinski definition) is 0. The maximum Gasteiger partial charge on any atom is 0.240 e. The normalized spacial score (nSPS) is 12.8. The molecule has 2 aromatic heterocycles. The molecule has 0 aliphatic carbocycles. The number of aryl methyl sites for hydroxylation is 1. The minimum atomic E-state index is -0.284. The number of rotatable bonds is 5. The first-order valence-corrected chi connectivity index (χ1v) is 9.52. The second-order valence-corrected chi connectivity index (χ2v) is 7.31. The summed E-state index contributed by atoms with van der Waals surface area (Å²) in [5.41, 5.74) is 3.41. The largest absolute Gasteiger partial charge is 0.454 e. The fourth-order valence-corrected chi connectivity index (χ4v) is 3.57. The van der Waals surface area contributed by atoms with Crippen LogP contribution in [0.4, 0.5) is 4.39 Å². The van der Waals surface area contributed by atoms with Crippen molar-refractivity contribution in [3.05, 3.63) is 65.6 Å². The molecule has 0 saturated carbocycles. The van der Waals surface area contributed by atoms with Gasteiger partial charge in [-0.3, -0.25) is 4.90 Å². The van der Waals surface area contributed by atoms with E-state index in [0.717, 1.165) is 27.7 Å². The highest BCUT2D eigenvalue weighted by Crippen LogP contribution is 2.37. The molecule has 8 heteroatoms. The molecule has 3 heterocycles. The Morgan fingerprint density at radius 1 is 1.00 bits per heavy atom. The highest BCUT2D eigenvalue weighted by molar-refractivity contribution is 5.86. The number of ether oxygens (including phenoxy) is 2. The van der Waals surface area contributed by atoms with E-state index in [2.05, 4.69) is 21.1 Å². The van der Waals surface area contributed by atoms with Crippen molar-refractivity contribution in [3.63, 3.8) is 0 Å². The Morgan fingerprint density at radius 2 is 1.77 bits per heavy atom. The molecule has 5 rings (SSSR count). The standard InChI is InChI=1S/C22H19FN4O3/c1-13-24-21(30-26-13)11-27(2)10-16-7-15-8-19-20(29-12-28-19)9-18(15)25-22(16)14-3-5-17(23)6-4-14/h3-9H,10-12H2,1-2H3. The first kappa shape index (κ1) is 18.5. The summed E-state index contributed by atoms with van der Waals surface area (Å²) in [4.78, 5) is 11.2.